The van der Waals surface area contributed by atoms with Gasteiger partial charge in [0.25, 0.3) is 0 Å². The highest BCUT2D eigenvalue weighted by molar-refractivity contribution is 5.15. The first-order valence-corrected chi connectivity index (χ1v) is 6.73. The molecule has 1 aliphatic rings. The fourth-order valence-corrected chi connectivity index (χ4v) is 2.28. The summed E-state index contributed by atoms with van der Waals surface area (Å²) in [6.45, 7) is 10.1. The Kier molecular flexibility index (Phi) is 4.74. The Labute approximate surface area is 109 Å². The Morgan fingerprint density at radius 1 is 1.56 bits per heavy atom. The Balaban J connectivity index is 1.73. The third-order valence-corrected chi connectivity index (χ3v) is 3.69. The van der Waals surface area contributed by atoms with E-state index in [4.69, 9.17) is 4.74 Å². The van der Waals surface area contributed by atoms with Gasteiger partial charge in [0.15, 0.2) is 0 Å². The Morgan fingerprint density at radius 3 is 3.06 bits per heavy atom. The summed E-state index contributed by atoms with van der Waals surface area (Å²) in [5.41, 5.74) is 2.49. The fraction of sp³-hybridized carbons (Fsp3) is 0.769. The zero-order chi connectivity index (χ0) is 13.0. The van der Waals surface area contributed by atoms with E-state index < -0.39 is 0 Å². The molecule has 2 rings (SSSR count). The largest absolute Gasteiger partial charge is 0.374 e. The molecule has 1 atom stereocenters. The van der Waals surface area contributed by atoms with Crippen molar-refractivity contribution < 1.29 is 4.74 Å². The van der Waals surface area contributed by atoms with Crippen LogP contribution in [0.15, 0.2) is 6.20 Å². The molecular weight excluding hydrogens is 228 g/mol. The summed E-state index contributed by atoms with van der Waals surface area (Å²) in [7, 11) is 1.97. The van der Waals surface area contributed by atoms with Crippen molar-refractivity contribution in [3.05, 3.63) is 17.5 Å². The number of aryl methyl sites for hydroxylation is 1. The average molecular weight is 252 g/mol. The minimum Gasteiger partial charge on any atom is -0.374 e. The Hall–Kier alpha value is -0.910. The summed E-state index contributed by atoms with van der Waals surface area (Å²) < 4.78 is 7.67. The van der Waals surface area contributed by atoms with Crippen molar-refractivity contribution >= 4 is 0 Å². The number of ether oxygens (including phenoxy) is 1. The predicted molar refractivity (Wildman–Crippen MR) is 71.5 cm³/mol. The highest BCUT2D eigenvalue weighted by Crippen LogP contribution is 2.06. The first kappa shape index (κ1) is 13.5. The molecule has 1 saturated heterocycles. The van der Waals surface area contributed by atoms with Gasteiger partial charge in [-0.15, -0.1) is 0 Å². The van der Waals surface area contributed by atoms with Crippen molar-refractivity contribution in [3.8, 4) is 0 Å². The molecule has 18 heavy (non-hydrogen) atoms. The molecule has 0 aliphatic carbocycles. The zero-order valence-corrected chi connectivity index (χ0v) is 11.6. The van der Waals surface area contributed by atoms with Crippen LogP contribution in [0.3, 0.4) is 0 Å². The van der Waals surface area contributed by atoms with Crippen LogP contribution >= 0.6 is 0 Å². The quantitative estimate of drug-likeness (QED) is 0.830. The number of aromatic nitrogens is 2. The van der Waals surface area contributed by atoms with E-state index >= 15 is 0 Å². The Morgan fingerprint density at radius 2 is 2.39 bits per heavy atom. The van der Waals surface area contributed by atoms with Crippen LogP contribution in [0.25, 0.3) is 0 Å². The lowest BCUT2D eigenvalue weighted by atomic mass is 10.2. The molecule has 1 unspecified atom stereocenters. The van der Waals surface area contributed by atoms with Crippen molar-refractivity contribution in [2.24, 2.45) is 7.05 Å². The maximum absolute atomic E-state index is 5.76. The van der Waals surface area contributed by atoms with Crippen molar-refractivity contribution in [1.82, 2.24) is 20.0 Å². The summed E-state index contributed by atoms with van der Waals surface area (Å²) in [6, 6.07) is 0. The first-order chi connectivity index (χ1) is 8.70. The molecule has 5 heteroatoms. The van der Waals surface area contributed by atoms with E-state index in [2.05, 4.69) is 29.2 Å². The molecule has 5 nitrogen and oxygen atoms in total. The number of nitrogens with zero attached hydrogens (tertiary/aromatic N) is 3. The van der Waals surface area contributed by atoms with Gasteiger partial charge in [-0.2, -0.15) is 5.10 Å². The second kappa shape index (κ2) is 6.31. The van der Waals surface area contributed by atoms with E-state index in [1.54, 1.807) is 0 Å². The number of hydrogen-bond donors (Lipinski definition) is 1. The molecule has 0 spiro atoms. The molecule has 0 radical (unpaired) electrons. The van der Waals surface area contributed by atoms with Gasteiger partial charge in [0.1, 0.15) is 0 Å². The van der Waals surface area contributed by atoms with Crippen molar-refractivity contribution in [1.29, 1.82) is 0 Å². The minimum atomic E-state index is 0.315. The summed E-state index contributed by atoms with van der Waals surface area (Å²) >= 11 is 0. The van der Waals surface area contributed by atoms with E-state index in [1.165, 1.54) is 11.3 Å². The molecule has 102 valence electrons. The number of hydrogen-bond acceptors (Lipinski definition) is 4. The van der Waals surface area contributed by atoms with Gasteiger partial charge in [0.2, 0.25) is 0 Å². The lowest BCUT2D eigenvalue weighted by Crippen LogP contribution is -2.46. The van der Waals surface area contributed by atoms with Crippen LogP contribution in [0.5, 0.6) is 0 Å². The number of likely N-dealkylation sites (N-methyl/N-ethyl adjacent to an activating group) is 1. The minimum absolute atomic E-state index is 0.315. The summed E-state index contributed by atoms with van der Waals surface area (Å²) in [4.78, 5) is 2.44. The van der Waals surface area contributed by atoms with Crippen LogP contribution in [0.1, 0.15) is 18.2 Å². The maximum Gasteiger partial charge on any atom is 0.0826 e. The van der Waals surface area contributed by atoms with Gasteiger partial charge in [0, 0.05) is 44.5 Å². The molecule has 0 saturated carbocycles. The smallest absolute Gasteiger partial charge is 0.0826 e. The summed E-state index contributed by atoms with van der Waals surface area (Å²) in [5.74, 6) is 0. The van der Waals surface area contributed by atoms with E-state index in [1.807, 2.05) is 17.9 Å². The van der Waals surface area contributed by atoms with Gasteiger partial charge in [-0.1, -0.05) is 6.92 Å². The van der Waals surface area contributed by atoms with Gasteiger partial charge in [-0.3, -0.25) is 9.58 Å². The SMILES string of the molecule is CCN1CCOC(CNCc2cnn(C)c2C)C1. The molecule has 1 aromatic heterocycles. The molecule has 0 bridgehead atoms. The molecular formula is C13H24N4O. The van der Waals surface area contributed by atoms with Gasteiger partial charge >= 0.3 is 0 Å². The van der Waals surface area contributed by atoms with E-state index in [0.717, 1.165) is 39.3 Å². The Bertz CT molecular complexity index is 377. The summed E-state index contributed by atoms with van der Waals surface area (Å²) in [5, 5.41) is 7.71. The first-order valence-electron chi connectivity index (χ1n) is 6.73. The number of nitrogens with one attached hydrogen (secondary N) is 1. The lowest BCUT2D eigenvalue weighted by molar-refractivity contribution is -0.0253. The summed E-state index contributed by atoms with van der Waals surface area (Å²) in [6.07, 6.45) is 2.25. The third-order valence-electron chi connectivity index (χ3n) is 3.69. The van der Waals surface area contributed by atoms with Crippen LogP contribution in [-0.2, 0) is 18.3 Å². The molecule has 0 aromatic carbocycles. The molecule has 0 amide bonds. The number of morpholine rings is 1. The van der Waals surface area contributed by atoms with Gasteiger partial charge in [-0.05, 0) is 13.5 Å². The van der Waals surface area contributed by atoms with Crippen molar-refractivity contribution in [2.45, 2.75) is 26.5 Å². The monoisotopic (exact) mass is 252 g/mol. The van der Waals surface area contributed by atoms with Crippen LogP contribution in [0.2, 0.25) is 0 Å². The van der Waals surface area contributed by atoms with Crippen LogP contribution in [0, 0.1) is 6.92 Å². The van der Waals surface area contributed by atoms with Crippen LogP contribution < -0.4 is 5.32 Å². The van der Waals surface area contributed by atoms with Crippen LogP contribution in [0.4, 0.5) is 0 Å². The molecule has 2 heterocycles. The van der Waals surface area contributed by atoms with Crippen LogP contribution in [-0.4, -0.2) is 53.6 Å². The second-order valence-corrected chi connectivity index (χ2v) is 4.90. The molecule has 1 aromatic rings. The highest BCUT2D eigenvalue weighted by Gasteiger charge is 2.18. The van der Waals surface area contributed by atoms with Gasteiger partial charge in [0.05, 0.1) is 18.9 Å². The predicted octanol–water partition coefficient (Wildman–Crippen LogP) is 0.539. The van der Waals surface area contributed by atoms with Crippen molar-refractivity contribution in [3.63, 3.8) is 0 Å². The molecule has 1 fully saturated rings. The zero-order valence-electron chi connectivity index (χ0n) is 11.6. The molecule has 1 aliphatic heterocycles. The fourth-order valence-electron chi connectivity index (χ4n) is 2.28. The lowest BCUT2D eigenvalue weighted by Gasteiger charge is -2.32. The highest BCUT2D eigenvalue weighted by atomic mass is 16.5. The average Bonchev–Trinajstić information content (AvgIpc) is 2.71. The maximum atomic E-state index is 5.76. The van der Waals surface area contributed by atoms with E-state index in [-0.39, 0.29) is 0 Å². The van der Waals surface area contributed by atoms with E-state index in [0.29, 0.717) is 6.10 Å². The van der Waals surface area contributed by atoms with Crippen molar-refractivity contribution in [2.75, 3.05) is 32.8 Å². The second-order valence-electron chi connectivity index (χ2n) is 4.90. The van der Waals surface area contributed by atoms with E-state index in [9.17, 15) is 0 Å². The third kappa shape index (κ3) is 3.31. The molecule has 1 N–H and O–H groups in total. The van der Waals surface area contributed by atoms with Gasteiger partial charge < -0.3 is 10.1 Å². The topological polar surface area (TPSA) is 42.3 Å². The number of rotatable bonds is 5. The van der Waals surface area contributed by atoms with Gasteiger partial charge in [-0.25, -0.2) is 0 Å². The standard InChI is InChI=1S/C13H24N4O/c1-4-17-5-6-18-13(10-17)9-14-7-12-8-15-16(3)11(12)2/h8,13-14H,4-7,9-10H2,1-3H3. The normalized spacial score (nSPS) is 21.4.